The fourth-order valence-electron chi connectivity index (χ4n) is 9.27. The lowest BCUT2D eigenvalue weighted by Gasteiger charge is -2.25. The molecule has 4 heteroatoms. The first-order valence-electron chi connectivity index (χ1n) is 19.1. The quantitative estimate of drug-likeness (QED) is 0.183. The largest absolute Gasteiger partial charge is 0.294 e. The molecule has 0 bridgehead atoms. The molecule has 4 heterocycles. The third-order valence-corrected chi connectivity index (χ3v) is 11.6. The number of fused-ring (bicyclic) bond motifs is 14. The van der Waals surface area contributed by atoms with Gasteiger partial charge in [0.1, 0.15) is 11.3 Å². The zero-order chi connectivity index (χ0) is 36.7. The number of nitrogens with zero attached hydrogens (tertiary/aromatic N) is 4. The minimum atomic E-state index is 0.927. The minimum Gasteiger partial charge on any atom is -0.294 e. The first kappa shape index (κ1) is 30.9. The van der Waals surface area contributed by atoms with Gasteiger partial charge in [-0.05, 0) is 110 Å². The van der Waals surface area contributed by atoms with Crippen molar-refractivity contribution in [1.82, 2.24) is 19.1 Å². The van der Waals surface area contributed by atoms with Crippen molar-refractivity contribution in [1.29, 1.82) is 0 Å². The Morgan fingerprint density at radius 2 is 0.696 bits per heavy atom. The van der Waals surface area contributed by atoms with Crippen molar-refractivity contribution in [3.63, 3.8) is 0 Å². The Kier molecular flexibility index (Phi) is 6.60. The lowest BCUT2D eigenvalue weighted by Crippen LogP contribution is -2.02. The van der Waals surface area contributed by atoms with E-state index in [-0.39, 0.29) is 0 Å². The molecule has 0 atom stereocenters. The van der Waals surface area contributed by atoms with Crippen molar-refractivity contribution in [3.8, 4) is 67.0 Å². The van der Waals surface area contributed by atoms with Crippen LogP contribution in [0.1, 0.15) is 0 Å². The smallest absolute Gasteiger partial charge is 0.145 e. The van der Waals surface area contributed by atoms with Crippen LogP contribution in [0.25, 0.3) is 111 Å². The SMILES string of the molecule is c1ccc2c(c1)-c1ccccc1-c1cccc(-c3cc(-n4c5ccccc5c5cccnc54)cc(-n4c5ccccc5c5cccnc54)c3)c1-c1ccccc1-2. The highest BCUT2D eigenvalue weighted by Crippen LogP contribution is 2.51. The summed E-state index contributed by atoms with van der Waals surface area (Å²) in [5.41, 5.74) is 18.2. The van der Waals surface area contributed by atoms with Gasteiger partial charge in [0.05, 0.1) is 22.4 Å². The van der Waals surface area contributed by atoms with Crippen LogP contribution in [0.3, 0.4) is 0 Å². The van der Waals surface area contributed by atoms with Crippen molar-refractivity contribution < 1.29 is 0 Å². The highest BCUT2D eigenvalue weighted by molar-refractivity contribution is 6.10. The van der Waals surface area contributed by atoms with Crippen molar-refractivity contribution >= 4 is 43.9 Å². The molecule has 0 saturated carbocycles. The molecular formula is C52H32N4. The zero-order valence-electron chi connectivity index (χ0n) is 30.3. The molecule has 0 amide bonds. The lowest BCUT2D eigenvalue weighted by molar-refractivity contribution is 1.10. The predicted molar refractivity (Wildman–Crippen MR) is 231 cm³/mol. The Hall–Kier alpha value is -7.56. The predicted octanol–water partition coefficient (Wildman–Crippen LogP) is 13.3. The van der Waals surface area contributed by atoms with E-state index in [4.69, 9.17) is 9.97 Å². The fraction of sp³-hybridized carbons (Fsp3) is 0. The van der Waals surface area contributed by atoms with E-state index in [0.717, 1.165) is 55.6 Å². The average Bonchev–Trinajstić information content (AvgIpc) is 3.79. The molecule has 4 aromatic heterocycles. The highest BCUT2D eigenvalue weighted by atomic mass is 15.1. The van der Waals surface area contributed by atoms with Gasteiger partial charge in [0.25, 0.3) is 0 Å². The molecular weight excluding hydrogens is 681 g/mol. The van der Waals surface area contributed by atoms with Crippen LogP contribution in [0.15, 0.2) is 194 Å². The van der Waals surface area contributed by atoms with Gasteiger partial charge in [0, 0.05) is 33.9 Å². The number of hydrogen-bond donors (Lipinski definition) is 0. The summed E-state index contributed by atoms with van der Waals surface area (Å²) in [5.74, 6) is 0. The summed E-state index contributed by atoms with van der Waals surface area (Å²) in [7, 11) is 0. The van der Waals surface area contributed by atoms with Crippen LogP contribution < -0.4 is 0 Å². The second kappa shape index (κ2) is 12.0. The number of aromatic nitrogens is 4. The maximum absolute atomic E-state index is 5.00. The van der Waals surface area contributed by atoms with Crippen LogP contribution in [-0.2, 0) is 0 Å². The van der Waals surface area contributed by atoms with Crippen molar-refractivity contribution in [2.24, 2.45) is 0 Å². The molecule has 4 nitrogen and oxygen atoms in total. The van der Waals surface area contributed by atoms with Gasteiger partial charge >= 0.3 is 0 Å². The summed E-state index contributed by atoms with van der Waals surface area (Å²) in [6.07, 6.45) is 3.79. The van der Waals surface area contributed by atoms with Gasteiger partial charge in [0.15, 0.2) is 0 Å². The van der Waals surface area contributed by atoms with E-state index in [0.29, 0.717) is 0 Å². The summed E-state index contributed by atoms with van der Waals surface area (Å²) in [6.45, 7) is 0. The second-order valence-electron chi connectivity index (χ2n) is 14.6. The minimum absolute atomic E-state index is 0.927. The Morgan fingerprint density at radius 1 is 0.304 bits per heavy atom. The van der Waals surface area contributed by atoms with Crippen LogP contribution in [0, 0.1) is 0 Å². The molecule has 1 aliphatic carbocycles. The van der Waals surface area contributed by atoms with Crippen LogP contribution >= 0.6 is 0 Å². The van der Waals surface area contributed by atoms with Crippen LogP contribution in [0.2, 0.25) is 0 Å². The van der Waals surface area contributed by atoms with Crippen LogP contribution in [-0.4, -0.2) is 19.1 Å². The summed E-state index contributed by atoms with van der Waals surface area (Å²) in [4.78, 5) is 10.0. The maximum atomic E-state index is 5.00. The van der Waals surface area contributed by atoms with Crippen molar-refractivity contribution in [2.45, 2.75) is 0 Å². The standard InChI is InChI=1S/C52H32N4/c1-2-15-38-37(14-1)39-16-3-4-17-41(39)45-23-11-22-36(50(45)44-21-6-5-18-40(38)44)33-30-34(55-48-26-9-7-19-42(48)46-24-12-28-53-51(46)55)32-35(31-33)56-49-27-10-8-20-43(49)47-25-13-29-54-52(47)56/h1-32H. The molecule has 56 heavy (non-hydrogen) atoms. The lowest BCUT2D eigenvalue weighted by atomic mass is 9.78. The van der Waals surface area contributed by atoms with Crippen molar-refractivity contribution in [2.75, 3.05) is 0 Å². The number of benzene rings is 7. The van der Waals surface area contributed by atoms with E-state index in [1.807, 2.05) is 24.5 Å². The molecule has 0 unspecified atom stereocenters. The molecule has 260 valence electrons. The fourth-order valence-corrected chi connectivity index (χ4v) is 9.27. The third-order valence-electron chi connectivity index (χ3n) is 11.6. The van der Waals surface area contributed by atoms with Gasteiger partial charge in [-0.1, -0.05) is 127 Å². The number of hydrogen-bond acceptors (Lipinski definition) is 2. The molecule has 11 aromatic rings. The van der Waals surface area contributed by atoms with Gasteiger partial charge in [0.2, 0.25) is 0 Å². The molecule has 0 saturated heterocycles. The van der Waals surface area contributed by atoms with Gasteiger partial charge in [-0.15, -0.1) is 0 Å². The molecule has 0 fully saturated rings. The molecule has 0 N–H and O–H groups in total. The zero-order valence-corrected chi connectivity index (χ0v) is 30.3. The molecule has 12 rings (SSSR count). The van der Waals surface area contributed by atoms with E-state index >= 15 is 0 Å². The van der Waals surface area contributed by atoms with E-state index in [1.54, 1.807) is 0 Å². The summed E-state index contributed by atoms with van der Waals surface area (Å²) >= 11 is 0. The molecule has 7 aromatic carbocycles. The summed E-state index contributed by atoms with van der Waals surface area (Å²) in [5, 5.41) is 4.61. The highest BCUT2D eigenvalue weighted by Gasteiger charge is 2.25. The first-order chi connectivity index (χ1) is 27.8. The monoisotopic (exact) mass is 712 g/mol. The second-order valence-corrected chi connectivity index (χ2v) is 14.6. The Labute approximate surface area is 323 Å². The van der Waals surface area contributed by atoms with Gasteiger partial charge in [-0.3, -0.25) is 9.13 Å². The molecule has 0 spiro atoms. The summed E-state index contributed by atoms with van der Waals surface area (Å²) in [6, 6.07) is 66.1. The topological polar surface area (TPSA) is 35.6 Å². The van der Waals surface area contributed by atoms with Crippen molar-refractivity contribution in [3.05, 3.63) is 194 Å². The van der Waals surface area contributed by atoms with Crippen LogP contribution in [0.4, 0.5) is 0 Å². The number of para-hydroxylation sites is 2. The number of rotatable bonds is 3. The van der Waals surface area contributed by atoms with Gasteiger partial charge < -0.3 is 0 Å². The molecule has 1 aliphatic rings. The maximum Gasteiger partial charge on any atom is 0.145 e. The Bertz CT molecular complexity index is 3140. The Morgan fingerprint density at radius 3 is 1.23 bits per heavy atom. The molecule has 0 radical (unpaired) electrons. The number of pyridine rings is 2. The first-order valence-corrected chi connectivity index (χ1v) is 19.1. The van der Waals surface area contributed by atoms with Crippen LogP contribution in [0.5, 0.6) is 0 Å². The van der Waals surface area contributed by atoms with Gasteiger partial charge in [-0.25, -0.2) is 9.97 Å². The third kappa shape index (κ3) is 4.41. The average molecular weight is 713 g/mol. The molecule has 0 aliphatic heterocycles. The summed E-state index contributed by atoms with van der Waals surface area (Å²) < 4.78 is 4.65. The van der Waals surface area contributed by atoms with Gasteiger partial charge in [-0.2, -0.15) is 0 Å². The van der Waals surface area contributed by atoms with E-state index in [2.05, 4.69) is 179 Å². The van der Waals surface area contributed by atoms with E-state index in [1.165, 1.54) is 55.3 Å². The van der Waals surface area contributed by atoms with E-state index < -0.39 is 0 Å². The normalized spacial score (nSPS) is 11.9. The van der Waals surface area contributed by atoms with E-state index in [9.17, 15) is 0 Å². The Balaban J connectivity index is 1.23.